The summed E-state index contributed by atoms with van der Waals surface area (Å²) in [6, 6.07) is 5.88. The van der Waals surface area contributed by atoms with Gasteiger partial charge >= 0.3 is 0 Å². The van der Waals surface area contributed by atoms with Crippen LogP contribution in [0.4, 0.5) is 5.82 Å². The number of pyridine rings is 1. The predicted molar refractivity (Wildman–Crippen MR) is 84.9 cm³/mol. The SMILES string of the molecule is CC1(C)CC(O)CC(C)(CNc2ccccn2)C1.S. The maximum Gasteiger partial charge on any atom is 0.125 e. The molecule has 2 atom stereocenters. The number of aromatic nitrogens is 1. The molecule has 1 aliphatic carbocycles. The van der Waals surface area contributed by atoms with Gasteiger partial charge in [0.05, 0.1) is 6.10 Å². The largest absolute Gasteiger partial charge is 0.393 e. The van der Waals surface area contributed by atoms with Gasteiger partial charge in [-0.2, -0.15) is 13.5 Å². The first-order valence-electron chi connectivity index (χ1n) is 6.72. The molecule has 2 rings (SSSR count). The number of rotatable bonds is 3. The van der Waals surface area contributed by atoms with Crippen LogP contribution in [0.2, 0.25) is 0 Å². The third-order valence-electron chi connectivity index (χ3n) is 3.78. The van der Waals surface area contributed by atoms with E-state index in [0.717, 1.165) is 31.6 Å². The van der Waals surface area contributed by atoms with Crippen LogP contribution in [0.25, 0.3) is 0 Å². The summed E-state index contributed by atoms with van der Waals surface area (Å²) in [4.78, 5) is 4.28. The Morgan fingerprint density at radius 2 is 2.05 bits per heavy atom. The average molecular weight is 282 g/mol. The van der Waals surface area contributed by atoms with E-state index < -0.39 is 0 Å². The molecular formula is C15H26N2OS. The lowest BCUT2D eigenvalue weighted by atomic mass is 9.63. The summed E-state index contributed by atoms with van der Waals surface area (Å²) >= 11 is 0. The second-order valence-electron chi connectivity index (χ2n) is 6.78. The van der Waals surface area contributed by atoms with Gasteiger partial charge in [-0.25, -0.2) is 4.98 Å². The maximum atomic E-state index is 10.0. The number of nitrogens with one attached hydrogen (secondary N) is 1. The van der Waals surface area contributed by atoms with Crippen molar-refractivity contribution in [2.75, 3.05) is 11.9 Å². The summed E-state index contributed by atoms with van der Waals surface area (Å²) in [6.45, 7) is 7.61. The number of hydrogen-bond acceptors (Lipinski definition) is 3. The number of anilines is 1. The van der Waals surface area contributed by atoms with Gasteiger partial charge in [-0.3, -0.25) is 0 Å². The van der Waals surface area contributed by atoms with Crippen LogP contribution in [0.1, 0.15) is 40.0 Å². The third kappa shape index (κ3) is 4.69. The van der Waals surface area contributed by atoms with Crippen molar-refractivity contribution >= 4 is 19.3 Å². The van der Waals surface area contributed by atoms with Crippen LogP contribution in [0.5, 0.6) is 0 Å². The van der Waals surface area contributed by atoms with Gasteiger partial charge in [-0.05, 0) is 42.2 Å². The van der Waals surface area contributed by atoms with E-state index >= 15 is 0 Å². The Kier molecular flexibility index (Phi) is 5.27. The van der Waals surface area contributed by atoms with E-state index in [0.29, 0.717) is 0 Å². The van der Waals surface area contributed by atoms with Crippen molar-refractivity contribution in [2.45, 2.75) is 46.1 Å². The van der Waals surface area contributed by atoms with E-state index in [-0.39, 0.29) is 30.4 Å². The fourth-order valence-corrected chi connectivity index (χ4v) is 3.48. The molecule has 0 bridgehead atoms. The molecular weight excluding hydrogens is 256 g/mol. The summed E-state index contributed by atoms with van der Waals surface area (Å²) in [6.07, 6.45) is 4.54. The second kappa shape index (κ2) is 6.14. The van der Waals surface area contributed by atoms with Crippen molar-refractivity contribution in [1.82, 2.24) is 4.98 Å². The minimum atomic E-state index is -0.177. The first-order chi connectivity index (χ1) is 8.39. The van der Waals surface area contributed by atoms with Gasteiger partial charge in [0.1, 0.15) is 5.82 Å². The Bertz CT molecular complexity index is 396. The first kappa shape index (κ1) is 16.3. The first-order valence-corrected chi connectivity index (χ1v) is 6.72. The topological polar surface area (TPSA) is 45.1 Å². The van der Waals surface area contributed by atoms with Gasteiger partial charge < -0.3 is 10.4 Å². The highest BCUT2D eigenvalue weighted by Gasteiger charge is 2.40. The molecule has 0 saturated heterocycles. The molecule has 0 aromatic carbocycles. The molecule has 0 spiro atoms. The Morgan fingerprint density at radius 1 is 1.32 bits per heavy atom. The molecule has 4 heteroatoms. The molecule has 108 valence electrons. The van der Waals surface area contributed by atoms with Crippen LogP contribution in [0, 0.1) is 10.8 Å². The fraction of sp³-hybridized carbons (Fsp3) is 0.667. The molecule has 2 unspecified atom stereocenters. The molecule has 3 nitrogen and oxygen atoms in total. The normalized spacial score (nSPS) is 29.4. The van der Waals surface area contributed by atoms with E-state index in [4.69, 9.17) is 0 Å². The highest BCUT2D eigenvalue weighted by molar-refractivity contribution is 7.59. The van der Waals surface area contributed by atoms with Crippen molar-refractivity contribution in [2.24, 2.45) is 10.8 Å². The van der Waals surface area contributed by atoms with Gasteiger partial charge in [-0.1, -0.05) is 26.8 Å². The van der Waals surface area contributed by atoms with Crippen LogP contribution >= 0.6 is 13.5 Å². The van der Waals surface area contributed by atoms with Crippen molar-refractivity contribution in [3.63, 3.8) is 0 Å². The van der Waals surface area contributed by atoms with E-state index in [1.165, 1.54) is 0 Å². The van der Waals surface area contributed by atoms with Crippen LogP contribution in [-0.2, 0) is 0 Å². The molecule has 1 heterocycles. The molecule has 1 aliphatic rings. The predicted octanol–water partition coefficient (Wildman–Crippen LogP) is 3.18. The van der Waals surface area contributed by atoms with Crippen LogP contribution in [-0.4, -0.2) is 22.7 Å². The zero-order valence-electron chi connectivity index (χ0n) is 12.1. The quantitative estimate of drug-likeness (QED) is 0.895. The van der Waals surface area contributed by atoms with Gasteiger partial charge in [-0.15, -0.1) is 0 Å². The molecule has 0 amide bonds. The summed E-state index contributed by atoms with van der Waals surface area (Å²) in [7, 11) is 0. The Hall–Kier alpha value is -0.740. The Balaban J connectivity index is 0.00000180. The molecule has 0 aliphatic heterocycles. The molecule has 1 saturated carbocycles. The Labute approximate surface area is 123 Å². The van der Waals surface area contributed by atoms with E-state index in [1.54, 1.807) is 6.20 Å². The minimum Gasteiger partial charge on any atom is -0.393 e. The van der Waals surface area contributed by atoms with Crippen molar-refractivity contribution in [3.8, 4) is 0 Å². The summed E-state index contributed by atoms with van der Waals surface area (Å²) in [5, 5.41) is 13.4. The smallest absolute Gasteiger partial charge is 0.125 e. The monoisotopic (exact) mass is 282 g/mol. The van der Waals surface area contributed by atoms with Crippen LogP contribution < -0.4 is 5.32 Å². The van der Waals surface area contributed by atoms with E-state index in [1.807, 2.05) is 18.2 Å². The van der Waals surface area contributed by atoms with Crippen LogP contribution in [0.15, 0.2) is 24.4 Å². The lowest BCUT2D eigenvalue weighted by Crippen LogP contribution is -2.42. The van der Waals surface area contributed by atoms with Gasteiger partial charge in [0, 0.05) is 12.7 Å². The van der Waals surface area contributed by atoms with Gasteiger partial charge in [0.25, 0.3) is 0 Å². The van der Waals surface area contributed by atoms with E-state index in [9.17, 15) is 5.11 Å². The number of aliphatic hydroxyl groups excluding tert-OH is 1. The lowest BCUT2D eigenvalue weighted by molar-refractivity contribution is -0.00320. The molecule has 2 N–H and O–H groups in total. The minimum absolute atomic E-state index is 0. The van der Waals surface area contributed by atoms with Crippen LogP contribution in [0.3, 0.4) is 0 Å². The number of aliphatic hydroxyl groups is 1. The zero-order chi connectivity index (χ0) is 13.2. The van der Waals surface area contributed by atoms with Crippen molar-refractivity contribution < 1.29 is 5.11 Å². The highest BCUT2D eigenvalue weighted by Crippen LogP contribution is 2.45. The van der Waals surface area contributed by atoms with Gasteiger partial charge in [0.2, 0.25) is 0 Å². The summed E-state index contributed by atoms with van der Waals surface area (Å²) in [5.41, 5.74) is 0.358. The molecule has 0 radical (unpaired) electrons. The maximum absolute atomic E-state index is 10.0. The molecule has 1 aromatic rings. The third-order valence-corrected chi connectivity index (χ3v) is 3.78. The molecule has 1 aromatic heterocycles. The number of hydrogen-bond donors (Lipinski definition) is 2. The lowest BCUT2D eigenvalue weighted by Gasteiger charge is -2.45. The standard InChI is InChI=1S/C15H24N2O.H2S/c1-14(2)8-12(18)9-15(3,10-14)11-17-13-6-4-5-7-16-13;/h4-7,12,18H,8-11H2,1-3H3,(H,16,17);1H2. The average Bonchev–Trinajstić information content (AvgIpc) is 2.24. The van der Waals surface area contributed by atoms with E-state index in [2.05, 4.69) is 31.1 Å². The number of nitrogens with zero attached hydrogens (tertiary/aromatic N) is 1. The highest BCUT2D eigenvalue weighted by atomic mass is 32.1. The van der Waals surface area contributed by atoms with Gasteiger partial charge in [0.15, 0.2) is 0 Å². The molecule has 1 fully saturated rings. The Morgan fingerprint density at radius 3 is 2.63 bits per heavy atom. The van der Waals surface area contributed by atoms with Crippen molar-refractivity contribution in [3.05, 3.63) is 24.4 Å². The second-order valence-corrected chi connectivity index (χ2v) is 6.78. The zero-order valence-corrected chi connectivity index (χ0v) is 13.1. The van der Waals surface area contributed by atoms with Crippen molar-refractivity contribution in [1.29, 1.82) is 0 Å². The fourth-order valence-electron chi connectivity index (χ4n) is 3.48. The molecule has 19 heavy (non-hydrogen) atoms. The summed E-state index contributed by atoms with van der Waals surface area (Å²) < 4.78 is 0. The summed E-state index contributed by atoms with van der Waals surface area (Å²) in [5.74, 6) is 0.914.